The molecule has 0 radical (unpaired) electrons. The molecule has 1 atom stereocenters. The zero-order valence-electron chi connectivity index (χ0n) is 7.75. The van der Waals surface area contributed by atoms with Gasteiger partial charge in [-0.25, -0.2) is 4.39 Å². The number of aliphatic hydroxyl groups excluding tert-OH is 1. The minimum Gasteiger partial charge on any atom is -0.494 e. The molecule has 0 saturated heterocycles. The number of hydrogen-bond donors (Lipinski definition) is 1. The topological polar surface area (TPSA) is 29.5 Å². The fourth-order valence-corrected chi connectivity index (χ4v) is 1.08. The van der Waals surface area contributed by atoms with Gasteiger partial charge in [-0.2, -0.15) is 0 Å². The van der Waals surface area contributed by atoms with Gasteiger partial charge in [0.2, 0.25) is 0 Å². The average Bonchev–Trinajstić information content (AvgIpc) is 2.03. The molecule has 1 rings (SSSR count). The quantitative estimate of drug-likeness (QED) is 0.780. The van der Waals surface area contributed by atoms with Crippen LogP contribution in [0.4, 0.5) is 4.39 Å². The van der Waals surface area contributed by atoms with Crippen molar-refractivity contribution < 1.29 is 14.2 Å². The molecule has 1 N–H and O–H groups in total. The third-order valence-electron chi connectivity index (χ3n) is 1.69. The van der Waals surface area contributed by atoms with Crippen LogP contribution in [0.2, 0.25) is 0 Å². The van der Waals surface area contributed by atoms with Crippen LogP contribution < -0.4 is 4.74 Å². The molecular formula is C10H13FO2. The molecule has 0 aliphatic rings. The van der Waals surface area contributed by atoms with E-state index in [-0.39, 0.29) is 5.82 Å². The molecule has 1 aromatic carbocycles. The standard InChI is InChI=1S/C10H13FO2/c1-3-13-10-5-8(7(2)12)4-9(11)6-10/h4-7,12H,3H2,1-2H3/t7-/m1/s1. The van der Waals surface area contributed by atoms with E-state index in [4.69, 9.17) is 4.74 Å². The van der Waals surface area contributed by atoms with Gasteiger partial charge in [-0.05, 0) is 31.5 Å². The van der Waals surface area contributed by atoms with Gasteiger partial charge in [0, 0.05) is 6.07 Å². The summed E-state index contributed by atoms with van der Waals surface area (Å²) in [6.07, 6.45) is -0.671. The van der Waals surface area contributed by atoms with Crippen molar-refractivity contribution in [2.24, 2.45) is 0 Å². The summed E-state index contributed by atoms with van der Waals surface area (Å²) in [4.78, 5) is 0. The van der Waals surface area contributed by atoms with Crippen molar-refractivity contribution in [3.05, 3.63) is 29.6 Å². The van der Waals surface area contributed by atoms with Gasteiger partial charge in [0.25, 0.3) is 0 Å². The highest BCUT2D eigenvalue weighted by atomic mass is 19.1. The first kappa shape index (κ1) is 9.99. The zero-order chi connectivity index (χ0) is 9.84. The molecule has 1 aromatic rings. The van der Waals surface area contributed by atoms with Crippen LogP contribution in [-0.4, -0.2) is 11.7 Å². The third-order valence-corrected chi connectivity index (χ3v) is 1.69. The molecule has 0 aliphatic carbocycles. The molecule has 0 amide bonds. The molecule has 2 nitrogen and oxygen atoms in total. The number of hydrogen-bond acceptors (Lipinski definition) is 2. The summed E-state index contributed by atoms with van der Waals surface area (Å²) in [7, 11) is 0. The van der Waals surface area contributed by atoms with Gasteiger partial charge in [-0.3, -0.25) is 0 Å². The first-order valence-corrected chi connectivity index (χ1v) is 4.25. The highest BCUT2D eigenvalue weighted by Gasteiger charge is 2.05. The number of rotatable bonds is 3. The Bertz CT molecular complexity index is 284. The lowest BCUT2D eigenvalue weighted by atomic mass is 10.1. The van der Waals surface area contributed by atoms with Crippen LogP contribution in [0, 0.1) is 5.82 Å². The van der Waals surface area contributed by atoms with Crippen LogP contribution in [0.5, 0.6) is 5.75 Å². The molecule has 72 valence electrons. The molecule has 0 bridgehead atoms. The Balaban J connectivity index is 2.96. The summed E-state index contributed by atoms with van der Waals surface area (Å²) in [5, 5.41) is 9.22. The largest absolute Gasteiger partial charge is 0.494 e. The molecule has 3 heteroatoms. The Morgan fingerprint density at radius 2 is 2.15 bits per heavy atom. The molecule has 0 unspecified atom stereocenters. The van der Waals surface area contributed by atoms with E-state index in [2.05, 4.69) is 0 Å². The molecule has 0 fully saturated rings. The van der Waals surface area contributed by atoms with E-state index in [0.29, 0.717) is 17.9 Å². The number of benzene rings is 1. The van der Waals surface area contributed by atoms with Crippen molar-refractivity contribution in [3.63, 3.8) is 0 Å². The van der Waals surface area contributed by atoms with Gasteiger partial charge in [0.15, 0.2) is 0 Å². The second kappa shape index (κ2) is 4.23. The fourth-order valence-electron chi connectivity index (χ4n) is 1.08. The molecule has 0 aliphatic heterocycles. The first-order valence-electron chi connectivity index (χ1n) is 4.25. The van der Waals surface area contributed by atoms with Gasteiger partial charge < -0.3 is 9.84 Å². The van der Waals surface area contributed by atoms with Crippen molar-refractivity contribution in [3.8, 4) is 5.75 Å². The maximum Gasteiger partial charge on any atom is 0.127 e. The number of halogens is 1. The second-order valence-electron chi connectivity index (χ2n) is 2.83. The van der Waals surface area contributed by atoms with E-state index in [1.165, 1.54) is 12.1 Å². The predicted molar refractivity (Wildman–Crippen MR) is 48.2 cm³/mol. The molecule has 0 aromatic heterocycles. The van der Waals surface area contributed by atoms with Gasteiger partial charge in [0.05, 0.1) is 12.7 Å². The van der Waals surface area contributed by atoms with E-state index in [1.807, 2.05) is 6.92 Å². The number of ether oxygens (including phenoxy) is 1. The van der Waals surface area contributed by atoms with Crippen molar-refractivity contribution in [1.82, 2.24) is 0 Å². The summed E-state index contributed by atoms with van der Waals surface area (Å²) in [6, 6.07) is 4.24. The van der Waals surface area contributed by atoms with Gasteiger partial charge in [-0.1, -0.05) is 0 Å². The van der Waals surface area contributed by atoms with E-state index in [0.717, 1.165) is 0 Å². The zero-order valence-corrected chi connectivity index (χ0v) is 7.75. The van der Waals surface area contributed by atoms with E-state index in [1.54, 1.807) is 13.0 Å². The van der Waals surface area contributed by atoms with E-state index >= 15 is 0 Å². The van der Waals surface area contributed by atoms with Crippen LogP contribution in [-0.2, 0) is 0 Å². The van der Waals surface area contributed by atoms with Crippen LogP contribution in [0.15, 0.2) is 18.2 Å². The fraction of sp³-hybridized carbons (Fsp3) is 0.400. The van der Waals surface area contributed by atoms with Crippen LogP contribution in [0.3, 0.4) is 0 Å². The summed E-state index contributed by atoms with van der Waals surface area (Å²) in [6.45, 7) is 3.90. The summed E-state index contributed by atoms with van der Waals surface area (Å²) in [5.74, 6) is 0.0697. The molecule has 0 saturated carbocycles. The molecular weight excluding hydrogens is 171 g/mol. The maximum absolute atomic E-state index is 12.9. The Morgan fingerprint density at radius 1 is 1.46 bits per heavy atom. The Hall–Kier alpha value is -1.09. The van der Waals surface area contributed by atoms with Crippen LogP contribution in [0.1, 0.15) is 25.5 Å². The lowest BCUT2D eigenvalue weighted by Gasteiger charge is -2.08. The van der Waals surface area contributed by atoms with E-state index in [9.17, 15) is 9.50 Å². The summed E-state index contributed by atoms with van der Waals surface area (Å²) < 4.78 is 18.0. The SMILES string of the molecule is CCOc1cc(F)cc([C@@H](C)O)c1. The highest BCUT2D eigenvalue weighted by molar-refractivity contribution is 5.30. The molecule has 0 heterocycles. The monoisotopic (exact) mass is 184 g/mol. The summed E-state index contributed by atoms with van der Waals surface area (Å²) >= 11 is 0. The lowest BCUT2D eigenvalue weighted by Crippen LogP contribution is -1.96. The maximum atomic E-state index is 12.9. The first-order chi connectivity index (χ1) is 6.13. The Labute approximate surface area is 77.0 Å². The van der Waals surface area contributed by atoms with Crippen molar-refractivity contribution in [2.75, 3.05) is 6.61 Å². The average molecular weight is 184 g/mol. The molecule has 0 spiro atoms. The normalized spacial score (nSPS) is 12.6. The minimum absolute atomic E-state index is 0.387. The Kier molecular flexibility index (Phi) is 3.25. The number of aliphatic hydroxyl groups is 1. The second-order valence-corrected chi connectivity index (χ2v) is 2.83. The van der Waals surface area contributed by atoms with Crippen LogP contribution >= 0.6 is 0 Å². The van der Waals surface area contributed by atoms with Crippen molar-refractivity contribution >= 4 is 0 Å². The van der Waals surface area contributed by atoms with Gasteiger partial charge in [-0.15, -0.1) is 0 Å². The Morgan fingerprint density at radius 3 is 2.69 bits per heavy atom. The van der Waals surface area contributed by atoms with Crippen molar-refractivity contribution in [1.29, 1.82) is 0 Å². The highest BCUT2D eigenvalue weighted by Crippen LogP contribution is 2.21. The van der Waals surface area contributed by atoms with Gasteiger partial charge in [0.1, 0.15) is 11.6 Å². The minimum atomic E-state index is -0.671. The van der Waals surface area contributed by atoms with Crippen LogP contribution in [0.25, 0.3) is 0 Å². The lowest BCUT2D eigenvalue weighted by molar-refractivity contribution is 0.198. The molecule has 13 heavy (non-hydrogen) atoms. The smallest absolute Gasteiger partial charge is 0.127 e. The van der Waals surface area contributed by atoms with Crippen molar-refractivity contribution in [2.45, 2.75) is 20.0 Å². The predicted octanol–water partition coefficient (Wildman–Crippen LogP) is 2.28. The van der Waals surface area contributed by atoms with E-state index < -0.39 is 6.10 Å². The third kappa shape index (κ3) is 2.70. The summed E-state index contributed by atoms with van der Waals surface area (Å²) in [5.41, 5.74) is 0.531. The van der Waals surface area contributed by atoms with Gasteiger partial charge >= 0.3 is 0 Å².